The second-order valence-corrected chi connectivity index (χ2v) is 4.38. The van der Waals surface area contributed by atoms with Crippen LogP contribution in [0.15, 0.2) is 60.7 Å². The molecular weight excluding hydrogens is 254 g/mol. The van der Waals surface area contributed by atoms with E-state index >= 15 is 0 Å². The van der Waals surface area contributed by atoms with E-state index in [0.717, 1.165) is 5.56 Å². The molecule has 0 aliphatic rings. The first-order valence-corrected chi connectivity index (χ1v) is 6.31. The van der Waals surface area contributed by atoms with Crippen molar-refractivity contribution < 1.29 is 10.0 Å². The SMILES string of the molecule is O=[N+]([O-])c1ccccc1/C=C\CC(O)c1ccccc1. The number of aliphatic hydroxyl groups excluding tert-OH is 1. The molecule has 0 saturated carbocycles. The van der Waals surface area contributed by atoms with Crippen molar-refractivity contribution in [2.24, 2.45) is 0 Å². The van der Waals surface area contributed by atoms with E-state index in [2.05, 4.69) is 0 Å². The van der Waals surface area contributed by atoms with Crippen LogP contribution < -0.4 is 0 Å². The van der Waals surface area contributed by atoms with Crippen molar-refractivity contribution in [2.45, 2.75) is 12.5 Å². The van der Waals surface area contributed by atoms with Gasteiger partial charge in [0.1, 0.15) is 0 Å². The monoisotopic (exact) mass is 269 g/mol. The Morgan fingerprint density at radius 2 is 1.75 bits per heavy atom. The summed E-state index contributed by atoms with van der Waals surface area (Å²) in [5.41, 5.74) is 1.44. The van der Waals surface area contributed by atoms with Crippen molar-refractivity contribution in [3.8, 4) is 0 Å². The summed E-state index contributed by atoms with van der Waals surface area (Å²) in [4.78, 5) is 10.5. The van der Waals surface area contributed by atoms with Crippen LogP contribution in [0.4, 0.5) is 5.69 Å². The lowest BCUT2D eigenvalue weighted by Crippen LogP contribution is -1.95. The van der Waals surface area contributed by atoms with Crippen LogP contribution in [0.25, 0.3) is 6.08 Å². The van der Waals surface area contributed by atoms with Crippen molar-refractivity contribution in [1.82, 2.24) is 0 Å². The van der Waals surface area contributed by atoms with E-state index in [0.29, 0.717) is 12.0 Å². The third-order valence-corrected chi connectivity index (χ3v) is 2.97. The highest BCUT2D eigenvalue weighted by molar-refractivity contribution is 5.60. The van der Waals surface area contributed by atoms with Crippen LogP contribution in [0.5, 0.6) is 0 Å². The summed E-state index contributed by atoms with van der Waals surface area (Å²) in [6, 6.07) is 15.9. The van der Waals surface area contributed by atoms with Crippen molar-refractivity contribution in [3.05, 3.63) is 81.9 Å². The summed E-state index contributed by atoms with van der Waals surface area (Å²) >= 11 is 0. The maximum absolute atomic E-state index is 10.9. The normalized spacial score (nSPS) is 12.4. The highest BCUT2D eigenvalue weighted by Crippen LogP contribution is 2.21. The number of nitro groups is 1. The fourth-order valence-corrected chi connectivity index (χ4v) is 1.93. The van der Waals surface area contributed by atoms with E-state index in [9.17, 15) is 15.2 Å². The van der Waals surface area contributed by atoms with Gasteiger partial charge in [0.25, 0.3) is 5.69 Å². The standard InChI is InChI=1S/C16H15NO3/c18-16(14-8-2-1-3-9-14)12-6-10-13-7-4-5-11-15(13)17(19)20/h1-11,16,18H,12H2/b10-6-. The quantitative estimate of drug-likeness (QED) is 0.664. The average Bonchev–Trinajstić information content (AvgIpc) is 2.48. The van der Waals surface area contributed by atoms with Crippen LogP contribution in [0, 0.1) is 10.1 Å². The average molecular weight is 269 g/mol. The van der Waals surface area contributed by atoms with Gasteiger partial charge in [-0.2, -0.15) is 0 Å². The summed E-state index contributed by atoms with van der Waals surface area (Å²) in [5, 5.41) is 20.9. The van der Waals surface area contributed by atoms with Crippen LogP contribution in [-0.4, -0.2) is 10.0 Å². The third-order valence-electron chi connectivity index (χ3n) is 2.97. The predicted octanol–water partition coefficient (Wildman–Crippen LogP) is 3.73. The zero-order valence-corrected chi connectivity index (χ0v) is 10.8. The lowest BCUT2D eigenvalue weighted by Gasteiger charge is -2.07. The first-order chi connectivity index (χ1) is 9.68. The van der Waals surface area contributed by atoms with Crippen molar-refractivity contribution in [2.75, 3.05) is 0 Å². The van der Waals surface area contributed by atoms with Crippen molar-refractivity contribution in [1.29, 1.82) is 0 Å². The second kappa shape index (κ2) is 6.63. The molecule has 0 spiro atoms. The number of hydrogen-bond acceptors (Lipinski definition) is 3. The summed E-state index contributed by atoms with van der Waals surface area (Å²) in [6.45, 7) is 0. The minimum atomic E-state index is -0.602. The lowest BCUT2D eigenvalue weighted by atomic mass is 10.1. The van der Waals surface area contributed by atoms with E-state index in [-0.39, 0.29) is 5.69 Å². The van der Waals surface area contributed by atoms with Gasteiger partial charge in [0.05, 0.1) is 16.6 Å². The van der Waals surface area contributed by atoms with Gasteiger partial charge in [-0.05, 0) is 18.1 Å². The molecular formula is C16H15NO3. The molecule has 0 saturated heterocycles. The van der Waals surface area contributed by atoms with Gasteiger partial charge >= 0.3 is 0 Å². The van der Waals surface area contributed by atoms with Gasteiger partial charge in [-0.25, -0.2) is 0 Å². The molecule has 102 valence electrons. The number of nitrogens with zero attached hydrogens (tertiary/aromatic N) is 1. The van der Waals surface area contributed by atoms with Crippen LogP contribution >= 0.6 is 0 Å². The Morgan fingerprint density at radius 3 is 2.45 bits per heavy atom. The summed E-state index contributed by atoms with van der Waals surface area (Å²) in [6.07, 6.45) is 3.23. The summed E-state index contributed by atoms with van der Waals surface area (Å²) < 4.78 is 0. The maximum Gasteiger partial charge on any atom is 0.276 e. The molecule has 4 heteroatoms. The topological polar surface area (TPSA) is 63.4 Å². The molecule has 1 atom stereocenters. The second-order valence-electron chi connectivity index (χ2n) is 4.38. The predicted molar refractivity (Wildman–Crippen MR) is 78.1 cm³/mol. The number of hydrogen-bond donors (Lipinski definition) is 1. The molecule has 2 rings (SSSR count). The summed E-state index contributed by atoms with van der Waals surface area (Å²) in [5.74, 6) is 0. The van der Waals surface area contributed by atoms with Crippen LogP contribution in [0.2, 0.25) is 0 Å². The highest BCUT2D eigenvalue weighted by atomic mass is 16.6. The Balaban J connectivity index is 2.06. The Kier molecular flexibility index (Phi) is 4.63. The van der Waals surface area contributed by atoms with E-state index in [1.165, 1.54) is 6.07 Å². The van der Waals surface area contributed by atoms with E-state index in [1.807, 2.05) is 30.3 Å². The summed E-state index contributed by atoms with van der Waals surface area (Å²) in [7, 11) is 0. The Bertz CT molecular complexity index is 608. The molecule has 2 aromatic carbocycles. The van der Waals surface area contributed by atoms with E-state index in [1.54, 1.807) is 30.4 Å². The molecule has 1 unspecified atom stereocenters. The van der Waals surface area contributed by atoms with Crippen LogP contribution in [0.1, 0.15) is 23.7 Å². The molecule has 0 bridgehead atoms. The van der Waals surface area contributed by atoms with Gasteiger partial charge in [-0.3, -0.25) is 10.1 Å². The molecule has 2 aromatic rings. The molecule has 0 fully saturated rings. The molecule has 0 aliphatic heterocycles. The number of aliphatic hydroxyl groups is 1. The van der Waals surface area contributed by atoms with Gasteiger partial charge in [0.15, 0.2) is 0 Å². The number of benzene rings is 2. The fraction of sp³-hybridized carbons (Fsp3) is 0.125. The Labute approximate surface area is 117 Å². The maximum atomic E-state index is 10.9. The molecule has 0 radical (unpaired) electrons. The minimum Gasteiger partial charge on any atom is -0.388 e. The fourth-order valence-electron chi connectivity index (χ4n) is 1.93. The zero-order chi connectivity index (χ0) is 14.4. The van der Waals surface area contributed by atoms with Gasteiger partial charge in [0.2, 0.25) is 0 Å². The van der Waals surface area contributed by atoms with Gasteiger partial charge in [-0.15, -0.1) is 0 Å². The number of para-hydroxylation sites is 1. The number of rotatable bonds is 5. The first kappa shape index (κ1) is 14.0. The smallest absolute Gasteiger partial charge is 0.276 e. The van der Waals surface area contributed by atoms with Gasteiger partial charge < -0.3 is 5.11 Å². The molecule has 0 aromatic heterocycles. The van der Waals surface area contributed by atoms with Gasteiger partial charge in [0, 0.05) is 6.07 Å². The van der Waals surface area contributed by atoms with Crippen molar-refractivity contribution in [3.63, 3.8) is 0 Å². The Hall–Kier alpha value is -2.46. The van der Waals surface area contributed by atoms with E-state index in [4.69, 9.17) is 0 Å². The molecule has 4 nitrogen and oxygen atoms in total. The number of nitro benzene ring substituents is 1. The van der Waals surface area contributed by atoms with Gasteiger partial charge in [-0.1, -0.05) is 54.6 Å². The lowest BCUT2D eigenvalue weighted by molar-refractivity contribution is -0.385. The largest absolute Gasteiger partial charge is 0.388 e. The van der Waals surface area contributed by atoms with Crippen LogP contribution in [0.3, 0.4) is 0 Å². The molecule has 20 heavy (non-hydrogen) atoms. The molecule has 0 aliphatic carbocycles. The van der Waals surface area contributed by atoms with Crippen LogP contribution in [-0.2, 0) is 0 Å². The highest BCUT2D eigenvalue weighted by Gasteiger charge is 2.09. The Morgan fingerprint density at radius 1 is 1.10 bits per heavy atom. The van der Waals surface area contributed by atoms with E-state index < -0.39 is 11.0 Å². The van der Waals surface area contributed by atoms with Crippen molar-refractivity contribution >= 4 is 11.8 Å². The first-order valence-electron chi connectivity index (χ1n) is 6.31. The molecule has 0 heterocycles. The third kappa shape index (κ3) is 3.52. The zero-order valence-electron chi connectivity index (χ0n) is 10.8. The minimum absolute atomic E-state index is 0.0675. The molecule has 0 amide bonds. The molecule has 1 N–H and O–H groups in total.